The van der Waals surface area contributed by atoms with Gasteiger partial charge in [-0.05, 0) is 43.4 Å². The predicted octanol–water partition coefficient (Wildman–Crippen LogP) is 3.50. The fraction of sp³-hybridized carbons (Fsp3) is 0.421. The van der Waals surface area contributed by atoms with Crippen LogP contribution in [-0.2, 0) is 12.8 Å². The lowest BCUT2D eigenvalue weighted by Gasteiger charge is -2.35. The third kappa shape index (κ3) is 3.19. The topological polar surface area (TPSA) is 66.7 Å². The van der Waals surface area contributed by atoms with Crippen LogP contribution in [0.5, 0.6) is 0 Å². The Morgan fingerprint density at radius 1 is 1.08 bits per heavy atom. The highest BCUT2D eigenvalue weighted by Crippen LogP contribution is 2.31. The van der Waals surface area contributed by atoms with Crippen LogP contribution in [0, 0.1) is 10.1 Å². The van der Waals surface area contributed by atoms with Gasteiger partial charge in [0.05, 0.1) is 9.80 Å². The summed E-state index contributed by atoms with van der Waals surface area (Å²) >= 11 is 1.65. The highest BCUT2D eigenvalue weighted by Gasteiger charge is 2.27. The summed E-state index contributed by atoms with van der Waals surface area (Å²) in [6.45, 7) is 2.41. The molecule has 1 saturated heterocycles. The van der Waals surface area contributed by atoms with Gasteiger partial charge in [-0.1, -0.05) is 12.1 Å². The molecular formula is C19H21N3O3S. The summed E-state index contributed by atoms with van der Waals surface area (Å²) in [5.41, 5.74) is 2.11. The Balaban J connectivity index is 1.44. The Hall–Kier alpha value is -2.41. The summed E-state index contributed by atoms with van der Waals surface area (Å²) in [5, 5.41) is 11.2. The molecule has 1 aromatic carbocycles. The summed E-state index contributed by atoms with van der Waals surface area (Å²) in [4.78, 5) is 29.8. The number of hydrogen-bond acceptors (Lipinski definition) is 5. The third-order valence-corrected chi connectivity index (χ3v) is 6.42. The zero-order valence-electron chi connectivity index (χ0n) is 14.5. The molecule has 0 radical (unpaired) electrons. The average Bonchev–Trinajstić information content (AvgIpc) is 3.12. The van der Waals surface area contributed by atoms with E-state index in [1.165, 1.54) is 29.3 Å². The van der Waals surface area contributed by atoms with E-state index >= 15 is 0 Å². The molecule has 0 bridgehead atoms. The number of nitrogens with zero attached hydrogens (tertiary/aromatic N) is 3. The van der Waals surface area contributed by atoms with Gasteiger partial charge in [-0.25, -0.2) is 0 Å². The van der Waals surface area contributed by atoms with E-state index in [0.29, 0.717) is 31.9 Å². The SMILES string of the molecule is O=C(c1cc2c(s1)CCCC2)N1CCN(c2ccccc2[N+](=O)[O-])CC1. The molecule has 0 unspecified atom stereocenters. The second kappa shape index (κ2) is 7.07. The van der Waals surface area contributed by atoms with Gasteiger partial charge in [-0.15, -0.1) is 11.3 Å². The summed E-state index contributed by atoms with van der Waals surface area (Å²) < 4.78 is 0. The number of piperazine rings is 1. The number of carbonyl (C=O) groups is 1. The van der Waals surface area contributed by atoms with Gasteiger partial charge < -0.3 is 9.80 Å². The van der Waals surface area contributed by atoms with Crippen LogP contribution in [0.2, 0.25) is 0 Å². The number of hydrogen-bond donors (Lipinski definition) is 0. The summed E-state index contributed by atoms with van der Waals surface area (Å²) in [6, 6.07) is 8.89. The number of fused-ring (bicyclic) bond motifs is 1. The zero-order valence-corrected chi connectivity index (χ0v) is 15.3. The molecule has 1 amide bonds. The minimum absolute atomic E-state index is 0.103. The van der Waals surface area contributed by atoms with Gasteiger partial charge >= 0.3 is 0 Å². The van der Waals surface area contributed by atoms with Crippen molar-refractivity contribution in [1.82, 2.24) is 4.90 Å². The molecule has 0 N–H and O–H groups in total. The second-order valence-electron chi connectivity index (χ2n) is 6.79. The van der Waals surface area contributed by atoms with Gasteiger partial charge in [-0.3, -0.25) is 14.9 Å². The Labute approximate surface area is 156 Å². The number of para-hydroxylation sites is 2. The number of rotatable bonds is 3. The second-order valence-corrected chi connectivity index (χ2v) is 7.93. The number of nitro benzene ring substituents is 1. The van der Waals surface area contributed by atoms with Gasteiger partial charge in [0.25, 0.3) is 11.6 Å². The van der Waals surface area contributed by atoms with Crippen molar-refractivity contribution < 1.29 is 9.72 Å². The van der Waals surface area contributed by atoms with Crippen molar-refractivity contribution in [2.24, 2.45) is 0 Å². The first kappa shape index (κ1) is 17.0. The Bertz CT molecular complexity index is 817. The third-order valence-electron chi connectivity index (χ3n) is 5.19. The number of nitro groups is 1. The van der Waals surface area contributed by atoms with Gasteiger partial charge in [0.15, 0.2) is 0 Å². The lowest BCUT2D eigenvalue weighted by molar-refractivity contribution is -0.384. The van der Waals surface area contributed by atoms with Gasteiger partial charge in [0.2, 0.25) is 0 Å². The zero-order chi connectivity index (χ0) is 18.1. The minimum Gasteiger partial charge on any atom is -0.362 e. The Morgan fingerprint density at radius 2 is 1.81 bits per heavy atom. The lowest BCUT2D eigenvalue weighted by Crippen LogP contribution is -2.48. The summed E-state index contributed by atoms with van der Waals surface area (Å²) in [7, 11) is 0. The number of thiophene rings is 1. The van der Waals surface area contributed by atoms with Crippen molar-refractivity contribution in [2.45, 2.75) is 25.7 Å². The molecule has 2 aliphatic rings. The van der Waals surface area contributed by atoms with Crippen LogP contribution >= 0.6 is 11.3 Å². The van der Waals surface area contributed by atoms with Crippen molar-refractivity contribution >= 4 is 28.6 Å². The van der Waals surface area contributed by atoms with Gasteiger partial charge in [0.1, 0.15) is 5.69 Å². The van der Waals surface area contributed by atoms with Crippen LogP contribution in [-0.4, -0.2) is 41.9 Å². The van der Waals surface area contributed by atoms with Crippen LogP contribution in [0.4, 0.5) is 11.4 Å². The maximum atomic E-state index is 12.8. The van der Waals surface area contributed by atoms with Gasteiger partial charge in [0, 0.05) is 37.1 Å². The standard InChI is InChI=1S/C19H21N3O3S/c23-19(18-13-14-5-1-4-8-17(14)26-18)21-11-9-20(10-12-21)15-6-2-3-7-16(15)22(24)25/h2-3,6-7,13H,1,4-5,8-12H2. The lowest BCUT2D eigenvalue weighted by atomic mass is 9.99. The molecule has 26 heavy (non-hydrogen) atoms. The highest BCUT2D eigenvalue weighted by molar-refractivity contribution is 7.14. The Morgan fingerprint density at radius 3 is 2.54 bits per heavy atom. The van der Waals surface area contributed by atoms with E-state index in [1.54, 1.807) is 23.5 Å². The van der Waals surface area contributed by atoms with Crippen LogP contribution < -0.4 is 4.90 Å². The first-order valence-corrected chi connectivity index (χ1v) is 9.84. The molecule has 6 nitrogen and oxygen atoms in total. The van der Waals surface area contributed by atoms with Crippen molar-refractivity contribution in [2.75, 3.05) is 31.1 Å². The number of benzene rings is 1. The van der Waals surface area contributed by atoms with E-state index in [2.05, 4.69) is 6.07 Å². The molecule has 1 aliphatic heterocycles. The van der Waals surface area contributed by atoms with Crippen LogP contribution in [0.3, 0.4) is 0 Å². The predicted molar refractivity (Wildman–Crippen MR) is 102 cm³/mol. The molecule has 2 heterocycles. The number of aryl methyl sites for hydroxylation is 2. The maximum Gasteiger partial charge on any atom is 0.292 e. The van der Waals surface area contributed by atoms with E-state index in [9.17, 15) is 14.9 Å². The first-order valence-electron chi connectivity index (χ1n) is 9.03. The van der Waals surface area contributed by atoms with Crippen LogP contribution in [0.15, 0.2) is 30.3 Å². The summed E-state index contributed by atoms with van der Waals surface area (Å²) in [6.07, 6.45) is 4.62. The van der Waals surface area contributed by atoms with Crippen LogP contribution in [0.25, 0.3) is 0 Å². The van der Waals surface area contributed by atoms with Crippen molar-refractivity contribution in [3.05, 3.63) is 55.8 Å². The molecular weight excluding hydrogens is 350 g/mol. The Kier molecular flexibility index (Phi) is 4.63. The van der Waals surface area contributed by atoms with Crippen molar-refractivity contribution in [3.63, 3.8) is 0 Å². The van der Waals surface area contributed by atoms with E-state index in [0.717, 1.165) is 17.7 Å². The molecule has 0 atom stereocenters. The van der Waals surface area contributed by atoms with E-state index in [-0.39, 0.29) is 16.5 Å². The molecule has 0 saturated carbocycles. The fourth-order valence-corrected chi connectivity index (χ4v) is 5.01. The highest BCUT2D eigenvalue weighted by atomic mass is 32.1. The molecule has 1 aliphatic carbocycles. The largest absolute Gasteiger partial charge is 0.362 e. The smallest absolute Gasteiger partial charge is 0.292 e. The van der Waals surface area contributed by atoms with Crippen LogP contribution in [0.1, 0.15) is 33.0 Å². The van der Waals surface area contributed by atoms with E-state index in [4.69, 9.17) is 0 Å². The normalized spacial score (nSPS) is 17.1. The molecule has 2 aromatic rings. The average molecular weight is 371 g/mol. The number of amides is 1. The molecule has 1 fully saturated rings. The first-order chi connectivity index (χ1) is 12.6. The number of carbonyl (C=O) groups excluding carboxylic acids is 1. The van der Waals surface area contributed by atoms with Crippen molar-refractivity contribution in [3.8, 4) is 0 Å². The monoisotopic (exact) mass is 371 g/mol. The molecule has 7 heteroatoms. The summed E-state index contributed by atoms with van der Waals surface area (Å²) in [5.74, 6) is 0.103. The number of anilines is 1. The molecule has 4 rings (SSSR count). The van der Waals surface area contributed by atoms with E-state index < -0.39 is 0 Å². The fourth-order valence-electron chi connectivity index (χ4n) is 3.79. The van der Waals surface area contributed by atoms with Gasteiger partial charge in [-0.2, -0.15) is 0 Å². The maximum absolute atomic E-state index is 12.8. The minimum atomic E-state index is -0.344. The van der Waals surface area contributed by atoms with E-state index in [1.807, 2.05) is 15.9 Å². The molecule has 1 aromatic heterocycles. The quantitative estimate of drug-likeness (QED) is 0.612. The molecule has 136 valence electrons. The molecule has 0 spiro atoms. The van der Waals surface area contributed by atoms with Crippen molar-refractivity contribution in [1.29, 1.82) is 0 Å².